The highest BCUT2D eigenvalue weighted by molar-refractivity contribution is 5.77. The van der Waals surface area contributed by atoms with E-state index in [9.17, 15) is 4.79 Å². The van der Waals surface area contributed by atoms with Crippen molar-refractivity contribution in [3.05, 3.63) is 47.1 Å². The lowest BCUT2D eigenvalue weighted by Crippen LogP contribution is -2.31. The van der Waals surface area contributed by atoms with Crippen LogP contribution >= 0.6 is 0 Å². The van der Waals surface area contributed by atoms with Gasteiger partial charge in [0.2, 0.25) is 11.8 Å². The van der Waals surface area contributed by atoms with Crippen LogP contribution in [-0.2, 0) is 17.8 Å². The molecule has 2 aromatic rings. The minimum Gasteiger partial charge on any atom is -0.340 e. The fourth-order valence-corrected chi connectivity index (χ4v) is 3.15. The van der Waals surface area contributed by atoms with E-state index in [-0.39, 0.29) is 5.91 Å². The molecule has 116 valence electrons. The van der Waals surface area contributed by atoms with Crippen molar-refractivity contribution in [3.63, 3.8) is 0 Å². The van der Waals surface area contributed by atoms with Crippen molar-refractivity contribution < 1.29 is 9.32 Å². The number of carbonyl (C=O) groups is 1. The second-order valence-electron chi connectivity index (χ2n) is 5.78. The van der Waals surface area contributed by atoms with E-state index in [1.54, 1.807) is 11.8 Å². The quantitative estimate of drug-likeness (QED) is 0.852. The number of carbonyl (C=O) groups excluding carboxylic acids is 1. The Hall–Kier alpha value is -2.17. The molecule has 22 heavy (non-hydrogen) atoms. The highest BCUT2D eigenvalue weighted by Crippen LogP contribution is 2.35. The van der Waals surface area contributed by atoms with Gasteiger partial charge < -0.3 is 9.42 Å². The zero-order valence-corrected chi connectivity index (χ0v) is 13.1. The fourth-order valence-electron chi connectivity index (χ4n) is 3.15. The number of nitrogens with zero attached hydrogens (tertiary/aromatic N) is 3. The summed E-state index contributed by atoms with van der Waals surface area (Å²) in [7, 11) is 0. The summed E-state index contributed by atoms with van der Waals surface area (Å²) in [5.41, 5.74) is 2.72. The summed E-state index contributed by atoms with van der Waals surface area (Å²) in [6.07, 6.45) is 2.69. The molecule has 3 rings (SSSR count). The molecule has 1 aromatic heterocycles. The molecule has 0 unspecified atom stereocenters. The maximum Gasteiger partial charge on any atom is 0.223 e. The normalized spacial score (nSPS) is 16.5. The lowest BCUT2D eigenvalue weighted by Gasteiger charge is -2.21. The molecular weight excluding hydrogens is 278 g/mol. The SMILES string of the molecule is CCN(Cc1noc(C)n1)C(=O)C[C@H]1CCc2ccccc21. The zero-order valence-electron chi connectivity index (χ0n) is 13.1. The van der Waals surface area contributed by atoms with Gasteiger partial charge in [-0.25, -0.2) is 0 Å². The summed E-state index contributed by atoms with van der Waals surface area (Å²) in [4.78, 5) is 18.6. The van der Waals surface area contributed by atoms with Gasteiger partial charge in [-0.2, -0.15) is 4.98 Å². The summed E-state index contributed by atoms with van der Waals surface area (Å²) in [5.74, 6) is 1.60. The highest BCUT2D eigenvalue weighted by Gasteiger charge is 2.26. The number of hydrogen-bond donors (Lipinski definition) is 0. The van der Waals surface area contributed by atoms with Crippen molar-refractivity contribution in [2.24, 2.45) is 0 Å². The van der Waals surface area contributed by atoms with Crippen molar-refractivity contribution in [2.75, 3.05) is 6.54 Å². The van der Waals surface area contributed by atoms with Gasteiger partial charge in [-0.1, -0.05) is 29.4 Å². The Morgan fingerprint density at radius 1 is 1.41 bits per heavy atom. The number of benzene rings is 1. The molecule has 5 nitrogen and oxygen atoms in total. The average molecular weight is 299 g/mol. The van der Waals surface area contributed by atoms with Crippen LogP contribution in [0.5, 0.6) is 0 Å². The third kappa shape index (κ3) is 3.03. The molecule has 0 saturated heterocycles. The van der Waals surface area contributed by atoms with Crippen molar-refractivity contribution in [1.29, 1.82) is 0 Å². The smallest absolute Gasteiger partial charge is 0.223 e. The number of fused-ring (bicyclic) bond motifs is 1. The topological polar surface area (TPSA) is 59.2 Å². The van der Waals surface area contributed by atoms with Gasteiger partial charge in [-0.05, 0) is 36.8 Å². The van der Waals surface area contributed by atoms with Crippen LogP contribution in [0, 0.1) is 6.92 Å². The maximum absolute atomic E-state index is 12.6. The van der Waals surface area contributed by atoms with Crippen LogP contribution in [0.3, 0.4) is 0 Å². The van der Waals surface area contributed by atoms with Gasteiger partial charge in [0, 0.05) is 19.9 Å². The molecule has 0 fully saturated rings. The maximum atomic E-state index is 12.6. The first-order valence-electron chi connectivity index (χ1n) is 7.82. The van der Waals surface area contributed by atoms with E-state index < -0.39 is 0 Å². The predicted octanol–water partition coefficient (Wildman–Crippen LogP) is 2.85. The van der Waals surface area contributed by atoms with E-state index in [0.29, 0.717) is 37.1 Å². The monoisotopic (exact) mass is 299 g/mol. The molecule has 1 aliphatic carbocycles. The molecule has 0 aliphatic heterocycles. The van der Waals surface area contributed by atoms with Crippen molar-refractivity contribution in [1.82, 2.24) is 15.0 Å². The number of aryl methyl sites for hydroxylation is 2. The summed E-state index contributed by atoms with van der Waals surface area (Å²) in [6.45, 7) is 4.80. The Balaban J connectivity index is 1.65. The molecule has 0 bridgehead atoms. The molecule has 5 heteroatoms. The van der Waals surface area contributed by atoms with Gasteiger partial charge in [-0.3, -0.25) is 4.79 Å². The van der Waals surface area contributed by atoms with Crippen LogP contribution in [0.25, 0.3) is 0 Å². The Bertz CT molecular complexity index is 665. The van der Waals surface area contributed by atoms with Crippen LogP contribution in [0.4, 0.5) is 0 Å². The van der Waals surface area contributed by atoms with Crippen LogP contribution < -0.4 is 0 Å². The minimum absolute atomic E-state index is 0.159. The standard InChI is InChI=1S/C17H21N3O2/c1-3-20(11-16-18-12(2)22-19-16)17(21)10-14-9-8-13-6-4-5-7-15(13)14/h4-7,14H,3,8-11H2,1-2H3/t14-/m1/s1. The number of hydrogen-bond acceptors (Lipinski definition) is 4. The molecule has 0 N–H and O–H groups in total. The van der Waals surface area contributed by atoms with Crippen molar-refractivity contribution in [2.45, 2.75) is 45.6 Å². The van der Waals surface area contributed by atoms with E-state index in [1.165, 1.54) is 11.1 Å². The average Bonchev–Trinajstić information content (AvgIpc) is 3.11. The lowest BCUT2D eigenvalue weighted by molar-refractivity contribution is -0.132. The number of aromatic nitrogens is 2. The summed E-state index contributed by atoms with van der Waals surface area (Å²) in [5, 5.41) is 3.87. The molecule has 1 atom stereocenters. The molecule has 1 amide bonds. The molecule has 0 spiro atoms. The molecule has 1 heterocycles. The fraction of sp³-hybridized carbons (Fsp3) is 0.471. The Morgan fingerprint density at radius 2 is 2.23 bits per heavy atom. The number of rotatable bonds is 5. The summed E-state index contributed by atoms with van der Waals surface area (Å²) >= 11 is 0. The van der Waals surface area contributed by atoms with Crippen molar-refractivity contribution >= 4 is 5.91 Å². The summed E-state index contributed by atoms with van der Waals surface area (Å²) in [6, 6.07) is 8.44. The van der Waals surface area contributed by atoms with Gasteiger partial charge in [0.1, 0.15) is 0 Å². The van der Waals surface area contributed by atoms with E-state index in [2.05, 4.69) is 34.4 Å². The molecular formula is C17H21N3O2. The van der Waals surface area contributed by atoms with Gasteiger partial charge in [0.15, 0.2) is 5.82 Å². The van der Waals surface area contributed by atoms with E-state index >= 15 is 0 Å². The van der Waals surface area contributed by atoms with E-state index in [0.717, 1.165) is 12.8 Å². The molecule has 1 aromatic carbocycles. The third-order valence-electron chi connectivity index (χ3n) is 4.31. The first kappa shape index (κ1) is 14.8. The van der Waals surface area contributed by atoms with E-state index in [1.807, 2.05) is 6.92 Å². The molecule has 0 radical (unpaired) electrons. The predicted molar refractivity (Wildman–Crippen MR) is 82.2 cm³/mol. The van der Waals surface area contributed by atoms with Crippen LogP contribution in [-0.4, -0.2) is 27.5 Å². The van der Waals surface area contributed by atoms with Crippen LogP contribution in [0.15, 0.2) is 28.8 Å². The van der Waals surface area contributed by atoms with Gasteiger partial charge in [0.25, 0.3) is 0 Å². The van der Waals surface area contributed by atoms with Gasteiger partial charge >= 0.3 is 0 Å². The lowest BCUT2D eigenvalue weighted by atomic mass is 9.97. The van der Waals surface area contributed by atoms with Gasteiger partial charge in [0.05, 0.1) is 6.54 Å². The summed E-state index contributed by atoms with van der Waals surface area (Å²) < 4.78 is 4.97. The second-order valence-corrected chi connectivity index (χ2v) is 5.78. The Labute approximate surface area is 130 Å². The third-order valence-corrected chi connectivity index (χ3v) is 4.31. The second kappa shape index (κ2) is 6.30. The molecule has 0 saturated carbocycles. The first-order valence-corrected chi connectivity index (χ1v) is 7.82. The minimum atomic E-state index is 0.159. The zero-order chi connectivity index (χ0) is 15.5. The van der Waals surface area contributed by atoms with Gasteiger partial charge in [-0.15, -0.1) is 0 Å². The number of amides is 1. The van der Waals surface area contributed by atoms with Crippen molar-refractivity contribution in [3.8, 4) is 0 Å². The largest absolute Gasteiger partial charge is 0.340 e. The highest BCUT2D eigenvalue weighted by atomic mass is 16.5. The van der Waals surface area contributed by atoms with Crippen LogP contribution in [0.1, 0.15) is 48.5 Å². The first-order chi connectivity index (χ1) is 10.7. The van der Waals surface area contributed by atoms with E-state index in [4.69, 9.17) is 4.52 Å². The Kier molecular flexibility index (Phi) is 4.22. The van der Waals surface area contributed by atoms with Crippen LogP contribution in [0.2, 0.25) is 0 Å². The molecule has 1 aliphatic rings. The Morgan fingerprint density at radius 3 is 2.95 bits per heavy atom.